The fraction of sp³-hybridized carbons (Fsp3) is 0.692. The van der Waals surface area contributed by atoms with Crippen molar-refractivity contribution in [3.8, 4) is 11.5 Å². The van der Waals surface area contributed by atoms with Gasteiger partial charge in [0.05, 0.1) is 11.5 Å². The van der Waals surface area contributed by atoms with E-state index in [0.29, 0.717) is 11.8 Å². The molecule has 164 valence electrons. The fourth-order valence-electron chi connectivity index (χ4n) is 9.59. The molecule has 3 saturated carbocycles. The zero-order valence-electron chi connectivity index (χ0n) is 18.1. The van der Waals surface area contributed by atoms with Crippen molar-refractivity contribution in [3.63, 3.8) is 0 Å². The summed E-state index contributed by atoms with van der Waals surface area (Å²) in [5, 5.41) is 22.3. The molecular weight excluding hydrogens is 390 g/mol. The van der Waals surface area contributed by atoms with Crippen LogP contribution in [0, 0.1) is 23.2 Å². The van der Waals surface area contributed by atoms with Crippen LogP contribution in [0.25, 0.3) is 0 Å². The second kappa shape index (κ2) is 5.32. The summed E-state index contributed by atoms with van der Waals surface area (Å²) in [7, 11) is 1.82. The molecule has 1 aromatic carbocycles. The number of piperidine rings is 1. The lowest BCUT2D eigenvalue weighted by atomic mass is 9.34. The van der Waals surface area contributed by atoms with Crippen LogP contribution in [0.2, 0.25) is 0 Å². The largest absolute Gasteiger partial charge is 0.504 e. The number of aromatic hydroxyl groups is 1. The highest BCUT2D eigenvalue weighted by atomic mass is 16.6. The van der Waals surface area contributed by atoms with Crippen LogP contribution in [0.4, 0.5) is 0 Å². The third kappa shape index (κ3) is 1.69. The van der Waals surface area contributed by atoms with Crippen LogP contribution in [0.15, 0.2) is 24.3 Å². The standard InChI is InChI=1S/C26H31NO4/c1-30-26-9-8-24(21-16(26)5-7-17(21)28)19-12-15-4-6-18(29)22-20(15)25(24,23(26)31-22)10-11-27(19)13-14-2-3-14/h4,6,8-9,14,16-17,19,21,23,28-29H,2-3,5,7,10-13H2,1H3/t16?,17-,19+,21?,23+,24+,25-,26?/m0/s1. The molecule has 0 radical (unpaired) electrons. The molecule has 5 heteroatoms. The minimum absolute atomic E-state index is 0.130. The van der Waals surface area contributed by atoms with Gasteiger partial charge in [-0.1, -0.05) is 18.2 Å². The van der Waals surface area contributed by atoms with E-state index in [1.54, 1.807) is 0 Å². The van der Waals surface area contributed by atoms with E-state index in [9.17, 15) is 10.2 Å². The number of nitrogens with zero attached hydrogens (tertiary/aromatic N) is 1. The highest BCUT2D eigenvalue weighted by Gasteiger charge is 2.83. The van der Waals surface area contributed by atoms with Crippen molar-refractivity contribution in [1.82, 2.24) is 4.90 Å². The maximum absolute atomic E-state index is 11.4. The highest BCUT2D eigenvalue weighted by molar-refractivity contribution is 5.65. The first-order valence-electron chi connectivity index (χ1n) is 12.3. The molecule has 5 nitrogen and oxygen atoms in total. The maximum atomic E-state index is 11.4. The molecule has 31 heavy (non-hydrogen) atoms. The van der Waals surface area contributed by atoms with Gasteiger partial charge in [0.25, 0.3) is 0 Å². The van der Waals surface area contributed by atoms with E-state index in [1.807, 2.05) is 13.2 Å². The van der Waals surface area contributed by atoms with E-state index < -0.39 is 5.60 Å². The molecule has 0 amide bonds. The first-order chi connectivity index (χ1) is 15.1. The van der Waals surface area contributed by atoms with Gasteiger partial charge in [-0.3, -0.25) is 4.90 Å². The van der Waals surface area contributed by atoms with Gasteiger partial charge in [0.2, 0.25) is 0 Å². The van der Waals surface area contributed by atoms with Crippen molar-refractivity contribution < 1.29 is 19.7 Å². The quantitative estimate of drug-likeness (QED) is 0.735. The highest BCUT2D eigenvalue weighted by Crippen LogP contribution is 2.78. The monoisotopic (exact) mass is 421 g/mol. The van der Waals surface area contributed by atoms with Crippen molar-refractivity contribution in [3.05, 3.63) is 35.4 Å². The number of methoxy groups -OCH3 is 1. The van der Waals surface area contributed by atoms with Crippen LogP contribution in [0.1, 0.15) is 43.2 Å². The molecule has 1 saturated heterocycles. The maximum Gasteiger partial charge on any atom is 0.165 e. The zero-order chi connectivity index (χ0) is 20.8. The molecule has 3 unspecified atom stereocenters. The Morgan fingerprint density at radius 2 is 2.06 bits per heavy atom. The van der Waals surface area contributed by atoms with Crippen molar-refractivity contribution in [2.24, 2.45) is 23.2 Å². The Balaban J connectivity index is 1.45. The van der Waals surface area contributed by atoms with Gasteiger partial charge in [0.1, 0.15) is 11.7 Å². The van der Waals surface area contributed by atoms with Crippen LogP contribution in [0.5, 0.6) is 11.5 Å². The second-order valence-electron chi connectivity index (χ2n) is 11.4. The van der Waals surface area contributed by atoms with Crippen LogP contribution in [0.3, 0.4) is 0 Å². The summed E-state index contributed by atoms with van der Waals surface area (Å²) in [5.41, 5.74) is 1.66. The van der Waals surface area contributed by atoms with E-state index in [0.717, 1.165) is 38.1 Å². The Kier molecular flexibility index (Phi) is 3.08. The predicted molar refractivity (Wildman–Crippen MR) is 114 cm³/mol. The van der Waals surface area contributed by atoms with Crippen molar-refractivity contribution in [2.75, 3.05) is 20.2 Å². The Morgan fingerprint density at radius 1 is 1.19 bits per heavy atom. The molecule has 4 fully saturated rings. The number of rotatable bonds is 3. The van der Waals surface area contributed by atoms with Gasteiger partial charge in [-0.15, -0.1) is 0 Å². The molecule has 4 bridgehead atoms. The number of aliphatic hydroxyl groups excluding tert-OH is 1. The fourth-order valence-corrected chi connectivity index (χ4v) is 9.59. The summed E-state index contributed by atoms with van der Waals surface area (Å²) in [4.78, 5) is 2.77. The Bertz CT molecular complexity index is 1030. The number of hydrogen-bond donors (Lipinski definition) is 2. The number of phenolic OH excluding ortho intramolecular Hbond substituents is 1. The normalized spacial score (nSPS) is 50.3. The second-order valence-corrected chi connectivity index (χ2v) is 11.4. The number of aliphatic hydroxyl groups is 1. The molecule has 0 aromatic heterocycles. The predicted octanol–water partition coefficient (Wildman–Crippen LogP) is 2.77. The van der Waals surface area contributed by atoms with Crippen LogP contribution < -0.4 is 4.74 Å². The Morgan fingerprint density at radius 3 is 2.87 bits per heavy atom. The summed E-state index contributed by atoms with van der Waals surface area (Å²) >= 11 is 0. The lowest BCUT2D eigenvalue weighted by Gasteiger charge is -2.73. The molecule has 2 spiro atoms. The Labute approximate surface area is 183 Å². The van der Waals surface area contributed by atoms with E-state index in [-0.39, 0.29) is 40.6 Å². The molecule has 8 aliphatic rings. The summed E-state index contributed by atoms with van der Waals surface area (Å²) in [5.74, 6) is 2.24. The average molecular weight is 422 g/mol. The van der Waals surface area contributed by atoms with E-state index >= 15 is 0 Å². The smallest absolute Gasteiger partial charge is 0.165 e. The lowest BCUT2D eigenvalue weighted by Crippen LogP contribution is -2.82. The summed E-state index contributed by atoms with van der Waals surface area (Å²) < 4.78 is 13.2. The zero-order valence-corrected chi connectivity index (χ0v) is 18.1. The third-order valence-corrected chi connectivity index (χ3v) is 10.6. The van der Waals surface area contributed by atoms with E-state index in [2.05, 4.69) is 23.1 Å². The number of hydrogen-bond acceptors (Lipinski definition) is 5. The topological polar surface area (TPSA) is 62.2 Å². The molecular formula is C26H31NO4. The first kappa shape index (κ1) is 17.9. The van der Waals surface area contributed by atoms with E-state index in [4.69, 9.17) is 9.47 Å². The molecule has 9 rings (SSSR count). The summed E-state index contributed by atoms with van der Waals surface area (Å²) in [6.45, 7) is 2.25. The van der Waals surface area contributed by atoms with Crippen LogP contribution in [-0.2, 0) is 16.6 Å². The molecule has 2 N–H and O–H groups in total. The summed E-state index contributed by atoms with van der Waals surface area (Å²) in [6.07, 6.45) is 10.9. The first-order valence-corrected chi connectivity index (χ1v) is 12.3. The molecule has 1 aromatic rings. The van der Waals surface area contributed by atoms with Gasteiger partial charge in [0.15, 0.2) is 11.5 Å². The van der Waals surface area contributed by atoms with Gasteiger partial charge < -0.3 is 19.7 Å². The molecule has 8 atom stereocenters. The lowest BCUT2D eigenvalue weighted by molar-refractivity contribution is -0.247. The average Bonchev–Trinajstić information content (AvgIpc) is 3.38. The third-order valence-electron chi connectivity index (χ3n) is 10.6. The van der Waals surface area contributed by atoms with Crippen molar-refractivity contribution in [2.45, 2.75) is 67.8 Å². The number of ether oxygens (including phenoxy) is 2. The molecule has 2 heterocycles. The number of phenols is 1. The summed E-state index contributed by atoms with van der Waals surface area (Å²) in [6, 6.07) is 4.34. The van der Waals surface area contributed by atoms with E-state index in [1.165, 1.54) is 30.5 Å². The van der Waals surface area contributed by atoms with Gasteiger partial charge in [0, 0.05) is 42.5 Å². The SMILES string of the molecule is COC12C=C[C@]3(C4C1CC[C@@H]4O)[C@H]1Cc4ccc(O)c5c4[C@@]3(CCN1CC1CC1)[C@H]2O5. The van der Waals surface area contributed by atoms with Gasteiger partial charge in [-0.05, 0) is 62.6 Å². The van der Waals surface area contributed by atoms with Gasteiger partial charge in [-0.25, -0.2) is 0 Å². The number of likely N-dealkylation sites (tertiary alicyclic amines) is 1. The number of benzene rings is 1. The van der Waals surface area contributed by atoms with Crippen LogP contribution in [-0.4, -0.2) is 59.2 Å². The minimum atomic E-state index is -0.535. The molecule has 6 aliphatic carbocycles. The molecule has 2 aliphatic heterocycles. The Hall–Kier alpha value is -1.56. The minimum Gasteiger partial charge on any atom is -0.504 e. The van der Waals surface area contributed by atoms with Crippen molar-refractivity contribution in [1.29, 1.82) is 0 Å². The van der Waals surface area contributed by atoms with Gasteiger partial charge in [-0.2, -0.15) is 0 Å². The van der Waals surface area contributed by atoms with Crippen molar-refractivity contribution >= 4 is 0 Å². The van der Waals surface area contributed by atoms with Crippen LogP contribution >= 0.6 is 0 Å². The van der Waals surface area contributed by atoms with Gasteiger partial charge >= 0.3 is 0 Å².